The number of ether oxygens (including phenoxy) is 2. The number of aliphatic hydroxyl groups is 2. The number of carbonyl (C=O) groups excluding carboxylic acids is 2. The molecule has 2 saturated heterocycles. The summed E-state index contributed by atoms with van der Waals surface area (Å²) < 4.78 is 12.0. The second kappa shape index (κ2) is 12.5. The molecule has 7 nitrogen and oxygen atoms in total. The van der Waals surface area contributed by atoms with Gasteiger partial charge >= 0.3 is 5.97 Å². The van der Waals surface area contributed by atoms with Gasteiger partial charge < -0.3 is 19.7 Å². The highest BCUT2D eigenvalue weighted by atomic mass is 32.1. The lowest BCUT2D eigenvalue weighted by Crippen LogP contribution is -2.46. The van der Waals surface area contributed by atoms with E-state index in [9.17, 15) is 19.8 Å². The highest BCUT2D eigenvalue weighted by Crippen LogP contribution is 2.45. The molecule has 1 aromatic rings. The first kappa shape index (κ1) is 30.7. The van der Waals surface area contributed by atoms with Crippen molar-refractivity contribution < 1.29 is 29.3 Å². The van der Waals surface area contributed by atoms with Crippen LogP contribution < -0.4 is 0 Å². The summed E-state index contributed by atoms with van der Waals surface area (Å²) in [5, 5.41) is 25.2. The van der Waals surface area contributed by atoms with E-state index in [0.717, 1.165) is 35.5 Å². The molecule has 0 spiro atoms. The average molecular weight is 548 g/mol. The summed E-state index contributed by atoms with van der Waals surface area (Å²) in [6.45, 7) is 15.0. The topological polar surface area (TPSA) is 109 Å². The molecule has 0 aromatic carbocycles. The number of Topliss-reactive ketones (excluding diaryl/α,β-unsaturated/α-hetero) is 1. The van der Waals surface area contributed by atoms with E-state index in [0.29, 0.717) is 19.3 Å². The number of cyclic esters (lactones) is 1. The van der Waals surface area contributed by atoms with Crippen LogP contribution in [0.3, 0.4) is 0 Å². The quantitative estimate of drug-likeness (QED) is 0.288. The van der Waals surface area contributed by atoms with Crippen LogP contribution in [-0.4, -0.2) is 57.0 Å². The third-order valence-corrected chi connectivity index (χ3v) is 9.22. The number of epoxide rings is 1. The number of thiazole rings is 1. The number of hydrogen-bond donors (Lipinski definition) is 2. The van der Waals surface area contributed by atoms with Crippen molar-refractivity contribution in [1.29, 1.82) is 0 Å². The van der Waals surface area contributed by atoms with Crippen molar-refractivity contribution in [3.05, 3.63) is 34.3 Å². The molecule has 2 N–H and O–H groups in total. The molecule has 2 fully saturated rings. The van der Waals surface area contributed by atoms with Gasteiger partial charge in [-0.3, -0.25) is 9.59 Å². The Kier molecular flexibility index (Phi) is 10.1. The SMILES string of the molecule is C=CCC[C@H]1C(=O)C(C)(C)[C@@H](O)CC(=O)O[C@H](C(C)=Cc2csc(C)n2)CC2OC2(C)CCC[C@H](C)[C@H]1O. The van der Waals surface area contributed by atoms with Crippen molar-refractivity contribution in [2.45, 2.75) is 117 Å². The van der Waals surface area contributed by atoms with Crippen LogP contribution in [0, 0.1) is 24.2 Å². The molecule has 212 valence electrons. The Bertz CT molecular complexity index is 1030. The zero-order valence-electron chi connectivity index (χ0n) is 23.7. The summed E-state index contributed by atoms with van der Waals surface area (Å²) in [5.41, 5.74) is 0.120. The van der Waals surface area contributed by atoms with Crippen LogP contribution in [-0.2, 0) is 19.1 Å². The van der Waals surface area contributed by atoms with Crippen LogP contribution >= 0.6 is 11.3 Å². The summed E-state index contributed by atoms with van der Waals surface area (Å²) >= 11 is 1.56. The largest absolute Gasteiger partial charge is 0.458 e. The molecule has 3 heterocycles. The van der Waals surface area contributed by atoms with E-state index in [1.807, 2.05) is 32.2 Å². The lowest BCUT2D eigenvalue weighted by atomic mass is 9.71. The van der Waals surface area contributed by atoms with Crippen molar-refractivity contribution >= 4 is 29.2 Å². The first-order chi connectivity index (χ1) is 17.8. The molecule has 2 unspecified atom stereocenters. The number of hydrogen-bond acceptors (Lipinski definition) is 8. The van der Waals surface area contributed by atoms with Crippen LogP contribution in [0.4, 0.5) is 0 Å². The molecule has 8 heteroatoms. The number of rotatable bonds is 5. The maximum absolute atomic E-state index is 13.7. The molecule has 3 rings (SSSR count). The molecule has 2 aliphatic heterocycles. The van der Waals surface area contributed by atoms with E-state index >= 15 is 0 Å². The second-order valence-electron chi connectivity index (χ2n) is 12.0. The predicted octanol–water partition coefficient (Wildman–Crippen LogP) is 5.42. The van der Waals surface area contributed by atoms with Gasteiger partial charge in [-0.2, -0.15) is 0 Å². The number of nitrogens with zero attached hydrogens (tertiary/aromatic N) is 1. The van der Waals surface area contributed by atoms with Gasteiger partial charge in [-0.25, -0.2) is 4.98 Å². The Morgan fingerprint density at radius 1 is 1.29 bits per heavy atom. The van der Waals surface area contributed by atoms with Gasteiger partial charge in [-0.15, -0.1) is 17.9 Å². The van der Waals surface area contributed by atoms with Gasteiger partial charge in [0.25, 0.3) is 0 Å². The zero-order valence-corrected chi connectivity index (χ0v) is 24.6. The number of aliphatic hydroxyl groups excluding tert-OH is 2. The smallest absolute Gasteiger partial charge is 0.309 e. The molecule has 1 aromatic heterocycles. The first-order valence-electron chi connectivity index (χ1n) is 13.8. The third-order valence-electron chi connectivity index (χ3n) is 8.43. The van der Waals surface area contributed by atoms with Crippen molar-refractivity contribution in [3.63, 3.8) is 0 Å². The van der Waals surface area contributed by atoms with E-state index in [2.05, 4.69) is 18.5 Å². The summed E-state index contributed by atoms with van der Waals surface area (Å²) in [6.07, 6.45) is 4.61. The lowest BCUT2D eigenvalue weighted by molar-refractivity contribution is -0.154. The molecule has 7 atom stereocenters. The Balaban J connectivity index is 1.88. The highest BCUT2D eigenvalue weighted by molar-refractivity contribution is 7.09. The molecule has 0 saturated carbocycles. The normalized spacial score (nSPS) is 35.3. The number of carbonyl (C=O) groups is 2. The zero-order chi connectivity index (χ0) is 28.3. The fraction of sp³-hybridized carbons (Fsp3) is 0.700. The minimum atomic E-state index is -1.25. The van der Waals surface area contributed by atoms with E-state index < -0.39 is 35.6 Å². The number of fused-ring (bicyclic) bond motifs is 1. The molecule has 38 heavy (non-hydrogen) atoms. The molecule has 0 aliphatic carbocycles. The number of aryl methyl sites for hydroxylation is 1. The van der Waals surface area contributed by atoms with Crippen molar-refractivity contribution in [3.8, 4) is 0 Å². The molecular weight excluding hydrogens is 502 g/mol. The summed E-state index contributed by atoms with van der Waals surface area (Å²) in [4.78, 5) is 31.3. The van der Waals surface area contributed by atoms with Gasteiger partial charge in [0.2, 0.25) is 0 Å². The molecule has 0 bridgehead atoms. The lowest BCUT2D eigenvalue weighted by Gasteiger charge is -2.36. The van der Waals surface area contributed by atoms with Gasteiger partial charge in [-0.05, 0) is 64.0 Å². The van der Waals surface area contributed by atoms with Gasteiger partial charge in [0.1, 0.15) is 11.9 Å². The van der Waals surface area contributed by atoms with Crippen LogP contribution in [0.15, 0.2) is 23.6 Å². The van der Waals surface area contributed by atoms with Gasteiger partial charge in [-0.1, -0.05) is 33.3 Å². The van der Waals surface area contributed by atoms with Crippen molar-refractivity contribution in [1.82, 2.24) is 4.98 Å². The Morgan fingerprint density at radius 2 is 2.00 bits per heavy atom. The van der Waals surface area contributed by atoms with Gasteiger partial charge in [0.15, 0.2) is 0 Å². The van der Waals surface area contributed by atoms with E-state index in [-0.39, 0.29) is 29.8 Å². The Labute approximate surface area is 231 Å². The average Bonchev–Trinajstić information content (AvgIpc) is 3.29. The monoisotopic (exact) mass is 547 g/mol. The van der Waals surface area contributed by atoms with E-state index in [1.165, 1.54) is 0 Å². The van der Waals surface area contributed by atoms with E-state index in [1.54, 1.807) is 31.3 Å². The standard InChI is InChI=1S/C30H45NO6S/c1-8-9-12-22-27(34)18(2)11-10-13-30(7)25(37-30)15-23(19(3)14-21-17-38-20(4)31-21)36-26(33)16-24(32)29(5,6)28(22)35/h8,14,17-18,22-25,27,32,34H,1,9-13,15-16H2,2-7H3/t18-,22+,23-,24-,25?,27+,30?/m0/s1. The van der Waals surface area contributed by atoms with Crippen LogP contribution in [0.2, 0.25) is 0 Å². The maximum Gasteiger partial charge on any atom is 0.309 e. The number of esters is 1. The van der Waals surface area contributed by atoms with E-state index in [4.69, 9.17) is 9.47 Å². The first-order valence-corrected chi connectivity index (χ1v) is 14.7. The maximum atomic E-state index is 13.7. The highest BCUT2D eigenvalue weighted by Gasteiger charge is 2.53. The Hall–Kier alpha value is -1.87. The molecule has 0 amide bonds. The number of aromatic nitrogens is 1. The summed E-state index contributed by atoms with van der Waals surface area (Å²) in [6, 6.07) is 0. The van der Waals surface area contributed by atoms with Crippen LogP contribution in [0.25, 0.3) is 6.08 Å². The predicted molar refractivity (Wildman–Crippen MR) is 150 cm³/mol. The van der Waals surface area contributed by atoms with Crippen molar-refractivity contribution in [2.75, 3.05) is 0 Å². The molecule has 0 radical (unpaired) electrons. The summed E-state index contributed by atoms with van der Waals surface area (Å²) in [5.74, 6) is -1.57. The van der Waals surface area contributed by atoms with Gasteiger partial charge in [0, 0.05) is 17.7 Å². The van der Waals surface area contributed by atoms with Crippen LogP contribution in [0.1, 0.15) is 90.3 Å². The van der Waals surface area contributed by atoms with Crippen LogP contribution in [0.5, 0.6) is 0 Å². The fourth-order valence-corrected chi connectivity index (χ4v) is 6.03. The fourth-order valence-electron chi connectivity index (χ4n) is 5.46. The minimum absolute atomic E-state index is 0.0581. The third kappa shape index (κ3) is 7.40. The second-order valence-corrected chi connectivity index (χ2v) is 13.0. The number of allylic oxidation sites excluding steroid dienone is 1. The molecule has 2 aliphatic rings. The summed E-state index contributed by atoms with van der Waals surface area (Å²) in [7, 11) is 0. The Morgan fingerprint density at radius 3 is 2.63 bits per heavy atom. The number of ketones is 1. The van der Waals surface area contributed by atoms with Crippen molar-refractivity contribution in [2.24, 2.45) is 17.3 Å². The molecular formula is C30H45NO6S. The van der Waals surface area contributed by atoms with Gasteiger partial charge in [0.05, 0.1) is 46.5 Å². The minimum Gasteiger partial charge on any atom is -0.458 e.